The van der Waals surface area contributed by atoms with E-state index in [-0.39, 0.29) is 25.9 Å². The van der Waals surface area contributed by atoms with Crippen LogP contribution in [0.25, 0.3) is 10.8 Å². The third-order valence-corrected chi connectivity index (χ3v) is 3.66. The molecular weight excluding hydrogens is 340 g/mol. The molecule has 0 heterocycles. The van der Waals surface area contributed by atoms with Crippen molar-refractivity contribution in [2.24, 2.45) is 0 Å². The Morgan fingerprint density at radius 1 is 0.692 bits per heavy atom. The number of amides is 2. The minimum atomic E-state index is -1.01. The highest BCUT2D eigenvalue weighted by atomic mass is 16.4. The number of aliphatic carboxylic acids is 2. The summed E-state index contributed by atoms with van der Waals surface area (Å²) in [5.74, 6) is -2.88. The number of hydrogen-bond acceptors (Lipinski definition) is 4. The molecule has 0 saturated heterocycles. The van der Waals surface area contributed by atoms with Crippen molar-refractivity contribution in [2.45, 2.75) is 12.8 Å². The summed E-state index contributed by atoms with van der Waals surface area (Å²) in [7, 11) is 0. The summed E-state index contributed by atoms with van der Waals surface area (Å²) in [6.07, 6.45) is -0.374. The zero-order chi connectivity index (χ0) is 19.1. The molecule has 0 atom stereocenters. The van der Waals surface area contributed by atoms with Gasteiger partial charge in [0.25, 0.3) is 11.8 Å². The molecule has 8 heteroatoms. The van der Waals surface area contributed by atoms with Crippen LogP contribution in [0.15, 0.2) is 36.4 Å². The highest BCUT2D eigenvalue weighted by Crippen LogP contribution is 2.22. The zero-order valence-corrected chi connectivity index (χ0v) is 13.8. The first kappa shape index (κ1) is 18.9. The van der Waals surface area contributed by atoms with Gasteiger partial charge >= 0.3 is 11.9 Å². The Hall–Kier alpha value is -3.42. The van der Waals surface area contributed by atoms with Crippen LogP contribution in [-0.2, 0) is 9.59 Å². The van der Waals surface area contributed by atoms with Gasteiger partial charge in [0.1, 0.15) is 0 Å². The molecule has 136 valence electrons. The van der Waals surface area contributed by atoms with Gasteiger partial charge in [-0.15, -0.1) is 0 Å². The van der Waals surface area contributed by atoms with Gasteiger partial charge in [-0.05, 0) is 22.9 Å². The third kappa shape index (κ3) is 4.79. The lowest BCUT2D eigenvalue weighted by atomic mass is 9.99. The first-order chi connectivity index (χ1) is 12.4. The molecule has 0 aliphatic carbocycles. The van der Waals surface area contributed by atoms with Crippen molar-refractivity contribution in [3.63, 3.8) is 0 Å². The van der Waals surface area contributed by atoms with E-state index in [2.05, 4.69) is 10.6 Å². The molecule has 0 fully saturated rings. The monoisotopic (exact) mass is 358 g/mol. The maximum absolute atomic E-state index is 12.3. The average Bonchev–Trinajstić information content (AvgIpc) is 2.59. The van der Waals surface area contributed by atoms with Crippen molar-refractivity contribution in [1.29, 1.82) is 0 Å². The molecule has 0 unspecified atom stereocenters. The number of nitrogens with one attached hydrogen (secondary N) is 2. The SMILES string of the molecule is O=C(O)CCNC(=O)c1cccc2c(C(=O)NCCC(=O)O)cccc12. The maximum atomic E-state index is 12.3. The maximum Gasteiger partial charge on any atom is 0.305 e. The fraction of sp³-hybridized carbons (Fsp3) is 0.222. The van der Waals surface area contributed by atoms with Gasteiger partial charge in [0.15, 0.2) is 0 Å². The molecule has 0 aliphatic heterocycles. The Kier molecular flexibility index (Phi) is 6.26. The predicted octanol–water partition coefficient (Wildman–Crippen LogP) is 1.25. The second-order valence-electron chi connectivity index (χ2n) is 5.51. The van der Waals surface area contributed by atoms with Crippen LogP contribution in [0.2, 0.25) is 0 Å². The predicted molar refractivity (Wildman–Crippen MR) is 93.1 cm³/mol. The van der Waals surface area contributed by atoms with Crippen molar-refractivity contribution in [3.05, 3.63) is 47.5 Å². The molecule has 0 radical (unpaired) electrons. The summed E-state index contributed by atoms with van der Waals surface area (Å²) < 4.78 is 0. The molecule has 8 nitrogen and oxygen atoms in total. The van der Waals surface area contributed by atoms with Crippen molar-refractivity contribution in [1.82, 2.24) is 10.6 Å². The minimum Gasteiger partial charge on any atom is -0.481 e. The molecule has 4 N–H and O–H groups in total. The standard InChI is InChI=1S/C18H18N2O6/c21-15(22)7-9-19-17(25)13-5-1-3-11-12(13)4-2-6-14(11)18(26)20-10-8-16(23)24/h1-6H,7-10H2,(H,19,25)(H,20,26)(H,21,22)(H,23,24). The summed E-state index contributed by atoms with van der Waals surface area (Å²) in [5.41, 5.74) is 0.654. The van der Waals surface area contributed by atoms with Crippen LogP contribution < -0.4 is 10.6 Å². The number of carboxylic acid groups (broad SMARTS) is 2. The molecule has 0 spiro atoms. The van der Waals surface area contributed by atoms with E-state index in [0.717, 1.165) is 0 Å². The van der Waals surface area contributed by atoms with E-state index >= 15 is 0 Å². The Morgan fingerprint density at radius 2 is 1.08 bits per heavy atom. The van der Waals surface area contributed by atoms with E-state index in [4.69, 9.17) is 10.2 Å². The summed E-state index contributed by atoms with van der Waals surface area (Å²) >= 11 is 0. The Labute approximate surface area is 148 Å². The average molecular weight is 358 g/mol. The molecule has 2 rings (SSSR count). The topological polar surface area (TPSA) is 133 Å². The number of carbonyl (C=O) groups excluding carboxylic acids is 2. The summed E-state index contributed by atoms with van der Waals surface area (Å²) in [6, 6.07) is 9.81. The van der Waals surface area contributed by atoms with E-state index in [1.807, 2.05) is 0 Å². The molecular formula is C18H18N2O6. The highest BCUT2D eigenvalue weighted by Gasteiger charge is 2.15. The fourth-order valence-electron chi connectivity index (χ4n) is 2.46. The first-order valence-electron chi connectivity index (χ1n) is 7.92. The van der Waals surface area contributed by atoms with Gasteiger partial charge in [0.2, 0.25) is 0 Å². The van der Waals surface area contributed by atoms with Crippen molar-refractivity contribution in [2.75, 3.05) is 13.1 Å². The number of carboxylic acids is 2. The normalized spacial score (nSPS) is 10.3. The van der Waals surface area contributed by atoms with E-state index in [1.165, 1.54) is 0 Å². The number of carbonyl (C=O) groups is 4. The van der Waals surface area contributed by atoms with Gasteiger partial charge in [-0.1, -0.05) is 24.3 Å². The quantitative estimate of drug-likeness (QED) is 0.561. The van der Waals surface area contributed by atoms with Gasteiger partial charge in [0, 0.05) is 24.2 Å². The summed E-state index contributed by atoms with van der Waals surface area (Å²) in [5, 5.41) is 23.4. The van der Waals surface area contributed by atoms with E-state index in [1.54, 1.807) is 36.4 Å². The van der Waals surface area contributed by atoms with Crippen LogP contribution in [0.1, 0.15) is 33.6 Å². The number of fused-ring (bicyclic) bond motifs is 1. The molecule has 0 bridgehead atoms. The van der Waals surface area contributed by atoms with Gasteiger partial charge < -0.3 is 20.8 Å². The molecule has 2 aromatic rings. The smallest absolute Gasteiger partial charge is 0.305 e. The Morgan fingerprint density at radius 3 is 1.42 bits per heavy atom. The molecule has 0 aliphatic rings. The lowest BCUT2D eigenvalue weighted by molar-refractivity contribution is -0.137. The Balaban J connectivity index is 2.24. The lowest BCUT2D eigenvalue weighted by Crippen LogP contribution is -2.27. The number of hydrogen-bond donors (Lipinski definition) is 4. The van der Waals surface area contributed by atoms with Crippen molar-refractivity contribution < 1.29 is 29.4 Å². The molecule has 0 aromatic heterocycles. The van der Waals surface area contributed by atoms with Gasteiger partial charge in [-0.25, -0.2) is 0 Å². The van der Waals surface area contributed by atoms with E-state index in [0.29, 0.717) is 21.9 Å². The minimum absolute atomic E-state index is 0.0000799. The van der Waals surface area contributed by atoms with Gasteiger partial charge in [0.05, 0.1) is 12.8 Å². The van der Waals surface area contributed by atoms with Crippen LogP contribution >= 0.6 is 0 Å². The Bertz CT molecular complexity index is 791. The molecule has 0 saturated carbocycles. The van der Waals surface area contributed by atoms with Crippen LogP contribution in [0.5, 0.6) is 0 Å². The van der Waals surface area contributed by atoms with Crippen LogP contribution in [0.4, 0.5) is 0 Å². The van der Waals surface area contributed by atoms with E-state index in [9.17, 15) is 19.2 Å². The van der Waals surface area contributed by atoms with Gasteiger partial charge in [-0.3, -0.25) is 19.2 Å². The second-order valence-corrected chi connectivity index (χ2v) is 5.51. The van der Waals surface area contributed by atoms with Crippen LogP contribution in [0, 0.1) is 0 Å². The van der Waals surface area contributed by atoms with Crippen molar-refractivity contribution in [3.8, 4) is 0 Å². The largest absolute Gasteiger partial charge is 0.481 e. The number of benzene rings is 2. The fourth-order valence-corrected chi connectivity index (χ4v) is 2.46. The highest BCUT2D eigenvalue weighted by molar-refractivity contribution is 6.13. The lowest BCUT2D eigenvalue weighted by Gasteiger charge is -2.11. The van der Waals surface area contributed by atoms with Gasteiger partial charge in [-0.2, -0.15) is 0 Å². The summed E-state index contributed by atoms with van der Waals surface area (Å²) in [4.78, 5) is 45.7. The molecule has 26 heavy (non-hydrogen) atoms. The first-order valence-corrected chi connectivity index (χ1v) is 7.92. The molecule has 2 amide bonds. The third-order valence-electron chi connectivity index (χ3n) is 3.66. The molecule has 2 aromatic carbocycles. The number of rotatable bonds is 8. The zero-order valence-electron chi connectivity index (χ0n) is 13.8. The van der Waals surface area contributed by atoms with E-state index < -0.39 is 23.8 Å². The van der Waals surface area contributed by atoms with Crippen LogP contribution in [0.3, 0.4) is 0 Å². The summed E-state index contributed by atoms with van der Waals surface area (Å²) in [6.45, 7) is -0.000160. The van der Waals surface area contributed by atoms with Crippen molar-refractivity contribution >= 4 is 34.5 Å². The second kappa shape index (κ2) is 8.61. The van der Waals surface area contributed by atoms with Crippen LogP contribution in [-0.4, -0.2) is 47.1 Å².